The van der Waals surface area contributed by atoms with E-state index in [4.69, 9.17) is 10.5 Å². The lowest BCUT2D eigenvalue weighted by Gasteiger charge is -2.27. The van der Waals surface area contributed by atoms with Crippen LogP contribution in [0.5, 0.6) is 0 Å². The topological polar surface area (TPSA) is 51.4 Å². The van der Waals surface area contributed by atoms with E-state index in [1.54, 1.807) is 7.11 Å². The van der Waals surface area contributed by atoms with Crippen LogP contribution in [0.4, 0.5) is 0 Å². The Morgan fingerprint density at radius 1 is 1.33 bits per heavy atom. The summed E-state index contributed by atoms with van der Waals surface area (Å²) in [5, 5.41) is 1.18. The van der Waals surface area contributed by atoms with Gasteiger partial charge in [-0.25, -0.2) is 0 Å². The van der Waals surface area contributed by atoms with Gasteiger partial charge in [0.2, 0.25) is 0 Å². The van der Waals surface area contributed by atoms with Crippen molar-refractivity contribution in [1.82, 2.24) is 9.88 Å². The van der Waals surface area contributed by atoms with Crippen molar-refractivity contribution in [1.29, 1.82) is 0 Å². The van der Waals surface area contributed by atoms with Gasteiger partial charge in [-0.3, -0.25) is 9.88 Å². The van der Waals surface area contributed by atoms with Gasteiger partial charge in [0.1, 0.15) is 0 Å². The first-order chi connectivity index (χ1) is 10.2. The molecule has 1 aromatic heterocycles. The van der Waals surface area contributed by atoms with Crippen molar-refractivity contribution in [2.75, 3.05) is 26.8 Å². The number of aromatic nitrogens is 1. The molecule has 1 fully saturated rings. The number of nitrogens with zero attached hydrogens (tertiary/aromatic N) is 2. The summed E-state index contributed by atoms with van der Waals surface area (Å²) in [6, 6.07) is 11.2. The Kier molecular flexibility index (Phi) is 4.19. The van der Waals surface area contributed by atoms with E-state index in [1.807, 2.05) is 6.92 Å². The molecule has 112 valence electrons. The van der Waals surface area contributed by atoms with E-state index >= 15 is 0 Å². The molecule has 1 saturated heterocycles. The molecule has 2 N–H and O–H groups in total. The third-order valence-corrected chi connectivity index (χ3v) is 4.33. The molecule has 4 nitrogen and oxygen atoms in total. The predicted molar refractivity (Wildman–Crippen MR) is 85.3 cm³/mol. The zero-order valence-electron chi connectivity index (χ0n) is 12.7. The van der Waals surface area contributed by atoms with Crippen LogP contribution in [-0.2, 0) is 4.74 Å². The number of rotatable bonds is 4. The minimum atomic E-state index is 0.192. The number of benzene rings is 1. The summed E-state index contributed by atoms with van der Waals surface area (Å²) >= 11 is 0. The molecule has 2 unspecified atom stereocenters. The largest absolute Gasteiger partial charge is 0.383 e. The van der Waals surface area contributed by atoms with E-state index in [0.29, 0.717) is 0 Å². The molecule has 2 heterocycles. The summed E-state index contributed by atoms with van der Waals surface area (Å²) in [5.74, 6) is 0. The van der Waals surface area contributed by atoms with Gasteiger partial charge in [-0.15, -0.1) is 0 Å². The van der Waals surface area contributed by atoms with Gasteiger partial charge in [0.15, 0.2) is 0 Å². The van der Waals surface area contributed by atoms with Crippen LogP contribution in [0, 0.1) is 6.92 Å². The van der Waals surface area contributed by atoms with Gasteiger partial charge >= 0.3 is 0 Å². The predicted octanol–water partition coefficient (Wildman–Crippen LogP) is 2.26. The van der Waals surface area contributed by atoms with Crippen LogP contribution in [0.1, 0.15) is 23.7 Å². The highest BCUT2D eigenvalue weighted by molar-refractivity contribution is 5.79. The van der Waals surface area contributed by atoms with Crippen LogP contribution < -0.4 is 5.73 Å². The SMILES string of the molecule is COCCN1CCC(N)C1c1ccc2nc(C)ccc2c1. The number of likely N-dealkylation sites (tertiary alicyclic amines) is 1. The molecule has 1 aliphatic rings. The molecule has 0 aliphatic carbocycles. The van der Waals surface area contributed by atoms with E-state index in [9.17, 15) is 0 Å². The Morgan fingerprint density at radius 3 is 3.00 bits per heavy atom. The third kappa shape index (κ3) is 2.93. The Bertz CT molecular complexity index is 628. The molecule has 2 atom stereocenters. The normalized spacial score (nSPS) is 23.0. The maximum absolute atomic E-state index is 6.34. The van der Waals surface area contributed by atoms with Crippen LogP contribution in [-0.4, -0.2) is 42.7 Å². The first-order valence-electron chi connectivity index (χ1n) is 7.55. The summed E-state index contributed by atoms with van der Waals surface area (Å²) in [5.41, 5.74) is 9.73. The third-order valence-electron chi connectivity index (χ3n) is 4.33. The van der Waals surface area contributed by atoms with Crippen molar-refractivity contribution in [3.05, 3.63) is 41.6 Å². The molecule has 2 aromatic rings. The summed E-state index contributed by atoms with van der Waals surface area (Å²) in [4.78, 5) is 6.99. The molecule has 3 rings (SSSR count). The number of methoxy groups -OCH3 is 1. The van der Waals surface area contributed by atoms with Crippen LogP contribution in [0.2, 0.25) is 0 Å². The molecule has 0 spiro atoms. The van der Waals surface area contributed by atoms with Crippen molar-refractivity contribution in [2.45, 2.75) is 25.4 Å². The Labute approximate surface area is 125 Å². The average Bonchev–Trinajstić information content (AvgIpc) is 2.85. The number of hydrogen-bond acceptors (Lipinski definition) is 4. The second-order valence-electron chi connectivity index (χ2n) is 5.83. The molecule has 21 heavy (non-hydrogen) atoms. The lowest BCUT2D eigenvalue weighted by atomic mass is 9.99. The fourth-order valence-corrected chi connectivity index (χ4v) is 3.23. The summed E-state index contributed by atoms with van der Waals surface area (Å²) in [7, 11) is 1.75. The van der Waals surface area contributed by atoms with Crippen LogP contribution in [0.25, 0.3) is 10.9 Å². The lowest BCUT2D eigenvalue weighted by Crippen LogP contribution is -2.33. The second kappa shape index (κ2) is 6.10. The Balaban J connectivity index is 1.92. The first-order valence-corrected chi connectivity index (χ1v) is 7.55. The minimum Gasteiger partial charge on any atom is -0.383 e. The fraction of sp³-hybridized carbons (Fsp3) is 0.471. The Hall–Kier alpha value is -1.49. The van der Waals surface area contributed by atoms with E-state index in [0.717, 1.165) is 37.3 Å². The Morgan fingerprint density at radius 2 is 2.19 bits per heavy atom. The van der Waals surface area contributed by atoms with Crippen molar-refractivity contribution < 1.29 is 4.74 Å². The van der Waals surface area contributed by atoms with Crippen molar-refractivity contribution in [2.24, 2.45) is 5.73 Å². The highest BCUT2D eigenvalue weighted by Crippen LogP contribution is 2.32. The van der Waals surface area contributed by atoms with Gasteiger partial charge in [0, 0.05) is 37.3 Å². The molecule has 4 heteroatoms. The molecular weight excluding hydrogens is 262 g/mol. The van der Waals surface area contributed by atoms with Gasteiger partial charge in [-0.1, -0.05) is 12.1 Å². The maximum atomic E-state index is 6.34. The standard InChI is InChI=1S/C17H23N3O/c1-12-3-4-13-11-14(5-6-16(13)19-12)17-15(18)7-8-20(17)9-10-21-2/h3-6,11,15,17H,7-10,18H2,1-2H3. The van der Waals surface area contributed by atoms with Gasteiger partial charge in [0.05, 0.1) is 18.2 Å². The van der Waals surface area contributed by atoms with Crippen molar-refractivity contribution >= 4 is 10.9 Å². The van der Waals surface area contributed by atoms with E-state index in [1.165, 1.54) is 10.9 Å². The lowest BCUT2D eigenvalue weighted by molar-refractivity contribution is 0.139. The van der Waals surface area contributed by atoms with Crippen LogP contribution in [0.15, 0.2) is 30.3 Å². The van der Waals surface area contributed by atoms with Crippen molar-refractivity contribution in [3.8, 4) is 0 Å². The highest BCUT2D eigenvalue weighted by Gasteiger charge is 2.32. The number of fused-ring (bicyclic) bond motifs is 1. The van der Waals surface area contributed by atoms with Gasteiger partial charge in [-0.2, -0.15) is 0 Å². The van der Waals surface area contributed by atoms with Gasteiger partial charge in [-0.05, 0) is 37.1 Å². The fourth-order valence-electron chi connectivity index (χ4n) is 3.23. The number of hydrogen-bond donors (Lipinski definition) is 1. The van der Waals surface area contributed by atoms with Gasteiger partial charge in [0.25, 0.3) is 0 Å². The van der Waals surface area contributed by atoms with E-state index in [-0.39, 0.29) is 12.1 Å². The zero-order valence-corrected chi connectivity index (χ0v) is 12.7. The van der Waals surface area contributed by atoms with Crippen LogP contribution >= 0.6 is 0 Å². The molecule has 1 aliphatic heterocycles. The van der Waals surface area contributed by atoms with E-state index in [2.05, 4.69) is 40.2 Å². The molecule has 1 aromatic carbocycles. The monoisotopic (exact) mass is 285 g/mol. The quantitative estimate of drug-likeness (QED) is 0.936. The maximum Gasteiger partial charge on any atom is 0.0705 e. The molecular formula is C17H23N3O. The number of nitrogens with two attached hydrogens (primary N) is 1. The number of ether oxygens (including phenoxy) is 1. The van der Waals surface area contributed by atoms with E-state index < -0.39 is 0 Å². The second-order valence-corrected chi connectivity index (χ2v) is 5.83. The van der Waals surface area contributed by atoms with Crippen LogP contribution in [0.3, 0.4) is 0 Å². The zero-order chi connectivity index (χ0) is 14.8. The highest BCUT2D eigenvalue weighted by atomic mass is 16.5. The molecule has 0 saturated carbocycles. The molecule has 0 bridgehead atoms. The summed E-state index contributed by atoms with van der Waals surface area (Å²) in [6.45, 7) is 4.74. The van der Waals surface area contributed by atoms with Crippen molar-refractivity contribution in [3.63, 3.8) is 0 Å². The molecule has 0 amide bonds. The number of aryl methyl sites for hydroxylation is 1. The molecule has 0 radical (unpaired) electrons. The summed E-state index contributed by atoms with van der Waals surface area (Å²) < 4.78 is 5.21. The summed E-state index contributed by atoms with van der Waals surface area (Å²) in [6.07, 6.45) is 1.04. The minimum absolute atomic E-state index is 0.192. The number of pyridine rings is 1. The first kappa shape index (κ1) is 14.4. The smallest absolute Gasteiger partial charge is 0.0705 e. The average molecular weight is 285 g/mol. The van der Waals surface area contributed by atoms with Gasteiger partial charge < -0.3 is 10.5 Å².